The monoisotopic (exact) mass is 343 g/mol. The molecule has 8 heteroatoms. The minimum atomic E-state index is -1.39. The number of hydrogen-bond acceptors (Lipinski definition) is 5. The quantitative estimate of drug-likeness (QED) is 0.732. The Balaban J connectivity index is 1.73. The number of benzene rings is 1. The van der Waals surface area contributed by atoms with E-state index in [1.54, 1.807) is 0 Å². The third-order valence-electron chi connectivity index (χ3n) is 3.99. The third kappa shape index (κ3) is 2.80. The summed E-state index contributed by atoms with van der Waals surface area (Å²) in [5.41, 5.74) is 0.899. The van der Waals surface area contributed by atoms with Gasteiger partial charge in [0.2, 0.25) is 5.90 Å². The summed E-state index contributed by atoms with van der Waals surface area (Å²) >= 11 is 0. The van der Waals surface area contributed by atoms with Gasteiger partial charge in [-0.15, -0.1) is 0 Å². The molecule has 1 aromatic rings. The first-order valence-corrected chi connectivity index (χ1v) is 7.87. The Kier molecular flexibility index (Phi) is 3.61. The number of fused-ring (bicyclic) bond motifs is 1. The molecule has 1 N–H and O–H groups in total. The Morgan fingerprint density at radius 2 is 2.20 bits per heavy atom. The molecule has 1 aromatic carbocycles. The van der Waals surface area contributed by atoms with E-state index in [0.29, 0.717) is 5.75 Å². The van der Waals surface area contributed by atoms with Crippen LogP contribution in [-0.4, -0.2) is 35.5 Å². The lowest BCUT2D eigenvalue weighted by molar-refractivity contribution is -0.987. The van der Waals surface area contributed by atoms with E-state index in [-0.39, 0.29) is 36.5 Å². The number of para-hydroxylation sites is 1. The lowest BCUT2D eigenvalue weighted by Gasteiger charge is -2.18. The Bertz CT molecular complexity index is 861. The fourth-order valence-electron chi connectivity index (χ4n) is 2.69. The Hall–Kier alpha value is -3.00. The van der Waals surface area contributed by atoms with E-state index in [0.717, 1.165) is 5.56 Å². The van der Waals surface area contributed by atoms with Crippen LogP contribution >= 0.6 is 0 Å². The number of rotatable bonds is 0. The molecule has 0 aliphatic carbocycles. The summed E-state index contributed by atoms with van der Waals surface area (Å²) in [6.45, 7) is 2.31. The van der Waals surface area contributed by atoms with E-state index in [4.69, 9.17) is 9.47 Å². The van der Waals surface area contributed by atoms with Crippen LogP contribution in [0.2, 0.25) is 0 Å². The van der Waals surface area contributed by atoms with E-state index >= 15 is 0 Å². The van der Waals surface area contributed by atoms with Crippen LogP contribution in [0.4, 0.5) is 4.48 Å². The summed E-state index contributed by atoms with van der Waals surface area (Å²) in [7, 11) is 0. The molecule has 3 aliphatic heterocycles. The number of carbonyl (C=O) groups is 1. The molecule has 128 valence electrons. The summed E-state index contributed by atoms with van der Waals surface area (Å²) in [6.07, 6.45) is 3.48. The molecule has 7 nitrogen and oxygen atoms in total. The highest BCUT2D eigenvalue weighted by Gasteiger charge is 2.45. The molecule has 3 aliphatic rings. The van der Waals surface area contributed by atoms with Crippen LogP contribution in [0.15, 0.2) is 58.0 Å². The van der Waals surface area contributed by atoms with Gasteiger partial charge in [-0.1, -0.05) is 18.2 Å². The highest BCUT2D eigenvalue weighted by Crippen LogP contribution is 2.33. The van der Waals surface area contributed by atoms with Gasteiger partial charge in [0, 0.05) is 10.0 Å². The summed E-state index contributed by atoms with van der Waals surface area (Å²) in [6, 6.07) is 7.46. The van der Waals surface area contributed by atoms with Crippen LogP contribution in [0.25, 0.3) is 0 Å². The summed E-state index contributed by atoms with van der Waals surface area (Å²) in [5.74, 6) is 0.301. The van der Waals surface area contributed by atoms with Crippen LogP contribution in [-0.2, 0) is 16.1 Å². The number of nitrogens with one attached hydrogen (secondary N) is 1. The maximum Gasteiger partial charge on any atom is 0.317 e. The van der Waals surface area contributed by atoms with Crippen LogP contribution in [0.3, 0.4) is 0 Å². The lowest BCUT2D eigenvalue weighted by Crippen LogP contribution is -2.35. The largest absolute Gasteiger partial charge is 0.488 e. The lowest BCUT2D eigenvalue weighted by atomic mass is 10.2. The van der Waals surface area contributed by atoms with Crippen molar-refractivity contribution in [2.75, 3.05) is 6.54 Å². The number of nitrogens with zero attached hydrogens (tertiary/aromatic N) is 3. The maximum absolute atomic E-state index is 14.7. The predicted octanol–water partition coefficient (Wildman–Crippen LogP) is 1.94. The predicted molar refractivity (Wildman–Crippen MR) is 87.8 cm³/mol. The Morgan fingerprint density at radius 1 is 1.36 bits per heavy atom. The van der Waals surface area contributed by atoms with Crippen molar-refractivity contribution in [1.29, 1.82) is 0 Å². The number of hydrogen-bond donors (Lipinski definition) is 1. The van der Waals surface area contributed by atoms with E-state index in [1.165, 1.54) is 18.5 Å². The molecule has 3 heterocycles. The average Bonchev–Trinajstić information content (AvgIpc) is 2.95. The topological polar surface area (TPSA) is 72.3 Å². The van der Waals surface area contributed by atoms with Crippen LogP contribution < -0.4 is 10.1 Å². The van der Waals surface area contributed by atoms with Gasteiger partial charge < -0.3 is 14.8 Å². The van der Waals surface area contributed by atoms with E-state index < -0.39 is 10.7 Å². The highest BCUT2D eigenvalue weighted by molar-refractivity contribution is 6.13. The molecule has 2 unspecified atom stereocenters. The Labute approximate surface area is 143 Å². The van der Waals surface area contributed by atoms with E-state index in [1.807, 2.05) is 31.2 Å². The van der Waals surface area contributed by atoms with Gasteiger partial charge in [-0.2, -0.15) is 4.99 Å². The molecular formula is C17H16FN4O3+. The first-order valence-electron chi connectivity index (χ1n) is 7.87. The highest BCUT2D eigenvalue weighted by atomic mass is 19.2. The first-order chi connectivity index (χ1) is 12.0. The van der Waals surface area contributed by atoms with Crippen molar-refractivity contribution in [2.45, 2.75) is 19.6 Å². The molecule has 0 fully saturated rings. The molecule has 25 heavy (non-hydrogen) atoms. The van der Waals surface area contributed by atoms with E-state index in [2.05, 4.69) is 15.4 Å². The van der Waals surface area contributed by atoms with Crippen molar-refractivity contribution in [2.24, 2.45) is 10.1 Å². The van der Waals surface area contributed by atoms with Gasteiger partial charge in [0.25, 0.3) is 5.91 Å². The second kappa shape index (κ2) is 5.82. The van der Waals surface area contributed by atoms with Gasteiger partial charge >= 0.3 is 5.82 Å². The molecule has 1 amide bonds. The second-order valence-corrected chi connectivity index (χ2v) is 5.88. The second-order valence-electron chi connectivity index (χ2n) is 5.88. The van der Waals surface area contributed by atoms with Gasteiger partial charge in [0.1, 0.15) is 24.7 Å². The molecule has 0 radical (unpaired) electrons. The van der Waals surface area contributed by atoms with Crippen LogP contribution in [0.1, 0.15) is 12.5 Å². The smallest absolute Gasteiger partial charge is 0.317 e. The fraction of sp³-hybridized carbons (Fsp3) is 0.235. The molecular weight excluding hydrogens is 327 g/mol. The van der Waals surface area contributed by atoms with Gasteiger partial charge in [-0.05, 0) is 18.1 Å². The van der Waals surface area contributed by atoms with E-state index in [9.17, 15) is 9.28 Å². The summed E-state index contributed by atoms with van der Waals surface area (Å²) in [4.78, 5) is 15.1. The minimum Gasteiger partial charge on any atom is -0.488 e. The zero-order valence-corrected chi connectivity index (χ0v) is 13.5. The average molecular weight is 343 g/mol. The summed E-state index contributed by atoms with van der Waals surface area (Å²) < 4.78 is 26.3. The Morgan fingerprint density at radius 3 is 3.08 bits per heavy atom. The standard InChI is InChI=1S/C17H15FN4O3/c1-11-8-19-17(23)13-9-20-22(18)7-6-15(21-16(13)22)24-10-12-4-2-3-5-14(12)25-11/h2-7,9,11H,8,10H2,1H3/p+1. The van der Waals surface area contributed by atoms with Crippen molar-refractivity contribution in [1.82, 2.24) is 5.32 Å². The molecule has 4 rings (SSSR count). The van der Waals surface area contributed by atoms with Crippen LogP contribution in [0.5, 0.6) is 5.75 Å². The molecule has 0 saturated heterocycles. The van der Waals surface area contributed by atoms with Crippen LogP contribution in [0, 0.1) is 0 Å². The fourth-order valence-corrected chi connectivity index (χ4v) is 2.69. The number of carbonyl (C=O) groups excluding carboxylic acids is 1. The van der Waals surface area contributed by atoms with Crippen molar-refractivity contribution < 1.29 is 23.6 Å². The molecule has 2 atom stereocenters. The number of amides is 1. The van der Waals surface area contributed by atoms with Gasteiger partial charge in [0.05, 0.1) is 17.4 Å². The number of halogens is 1. The third-order valence-corrected chi connectivity index (χ3v) is 3.99. The molecule has 0 spiro atoms. The minimum absolute atomic E-state index is 0.0666. The zero-order valence-electron chi connectivity index (χ0n) is 13.5. The number of ether oxygens (including phenoxy) is 2. The maximum atomic E-state index is 14.7. The number of aliphatic imine (C=N–C) groups is 1. The van der Waals surface area contributed by atoms with Gasteiger partial charge in [0.15, 0.2) is 11.8 Å². The van der Waals surface area contributed by atoms with Crippen molar-refractivity contribution >= 4 is 18.0 Å². The first kappa shape index (κ1) is 15.5. The molecule has 0 aromatic heterocycles. The number of quaternary nitrogens is 1. The SMILES string of the molecule is CC1CNC(=O)C2=C3N=C(C=C[N+]3(F)N=C2)OCc2ccccc2O1. The summed E-state index contributed by atoms with van der Waals surface area (Å²) in [5, 5.41) is 6.44. The zero-order chi connectivity index (χ0) is 17.4. The van der Waals surface area contributed by atoms with Gasteiger partial charge in [-0.3, -0.25) is 4.79 Å². The van der Waals surface area contributed by atoms with Gasteiger partial charge in [-0.25, -0.2) is 0 Å². The van der Waals surface area contributed by atoms with Crippen molar-refractivity contribution in [3.63, 3.8) is 0 Å². The normalized spacial score (nSPS) is 27.8. The van der Waals surface area contributed by atoms with Crippen molar-refractivity contribution in [3.8, 4) is 5.75 Å². The molecule has 2 bridgehead atoms. The molecule has 0 saturated carbocycles. The van der Waals surface area contributed by atoms with Crippen molar-refractivity contribution in [3.05, 3.63) is 53.5 Å².